The highest BCUT2D eigenvalue weighted by atomic mass is 79.9. The highest BCUT2D eigenvalue weighted by Crippen LogP contribution is 2.13. The van der Waals surface area contributed by atoms with E-state index in [2.05, 4.69) is 39.7 Å². The molecule has 0 saturated heterocycles. The van der Waals surface area contributed by atoms with E-state index in [1.807, 2.05) is 0 Å². The second-order valence-electron chi connectivity index (χ2n) is 3.37. The van der Waals surface area contributed by atoms with E-state index >= 15 is 0 Å². The van der Waals surface area contributed by atoms with Crippen molar-refractivity contribution in [3.63, 3.8) is 0 Å². The summed E-state index contributed by atoms with van der Waals surface area (Å²) < 4.78 is 1.89. The standard InChI is InChI=1S/C10H15BrClN3O/c1-3-14(4-2)5-6-15-7-13-9(12)8(11)10(15)16/h7H,3-6H2,1-2H3. The van der Waals surface area contributed by atoms with Crippen LogP contribution >= 0.6 is 27.5 Å². The van der Waals surface area contributed by atoms with Crippen molar-refractivity contribution >= 4 is 27.5 Å². The van der Waals surface area contributed by atoms with Gasteiger partial charge in [-0.05, 0) is 29.0 Å². The second kappa shape index (κ2) is 6.37. The van der Waals surface area contributed by atoms with Crippen LogP contribution in [0.2, 0.25) is 5.15 Å². The first kappa shape index (κ1) is 13.7. The van der Waals surface area contributed by atoms with Gasteiger partial charge < -0.3 is 4.90 Å². The molecule has 1 rings (SSSR count). The molecule has 4 nitrogen and oxygen atoms in total. The van der Waals surface area contributed by atoms with Gasteiger partial charge in [0.25, 0.3) is 5.56 Å². The summed E-state index contributed by atoms with van der Waals surface area (Å²) in [5, 5.41) is 0.212. The maximum Gasteiger partial charge on any atom is 0.269 e. The van der Waals surface area contributed by atoms with Gasteiger partial charge in [0.2, 0.25) is 0 Å². The maximum atomic E-state index is 11.8. The minimum absolute atomic E-state index is 0.132. The Morgan fingerprint density at radius 2 is 2.12 bits per heavy atom. The van der Waals surface area contributed by atoms with Gasteiger partial charge in [0.1, 0.15) is 4.47 Å². The molecule has 0 aliphatic carbocycles. The Bertz CT molecular complexity index is 404. The van der Waals surface area contributed by atoms with Crippen LogP contribution in [-0.4, -0.2) is 34.1 Å². The van der Waals surface area contributed by atoms with Crippen molar-refractivity contribution in [1.82, 2.24) is 14.5 Å². The number of hydrogen-bond acceptors (Lipinski definition) is 3. The number of hydrogen-bond donors (Lipinski definition) is 0. The predicted octanol–water partition coefficient (Wildman–Crippen LogP) is 2.00. The van der Waals surface area contributed by atoms with Crippen molar-refractivity contribution in [3.8, 4) is 0 Å². The monoisotopic (exact) mass is 307 g/mol. The van der Waals surface area contributed by atoms with Gasteiger partial charge in [0, 0.05) is 13.1 Å². The van der Waals surface area contributed by atoms with Gasteiger partial charge in [-0.25, -0.2) is 4.98 Å². The molecule has 1 heterocycles. The lowest BCUT2D eigenvalue weighted by atomic mass is 10.4. The first-order valence-corrected chi connectivity index (χ1v) is 6.40. The average molecular weight is 309 g/mol. The Balaban J connectivity index is 2.75. The Hall–Kier alpha value is -0.390. The van der Waals surface area contributed by atoms with Gasteiger partial charge in [-0.2, -0.15) is 0 Å². The van der Waals surface area contributed by atoms with Gasteiger partial charge in [0.15, 0.2) is 5.15 Å². The number of likely N-dealkylation sites (N-methyl/N-ethyl adjacent to an activating group) is 1. The van der Waals surface area contributed by atoms with Gasteiger partial charge in [0.05, 0.1) is 6.33 Å². The lowest BCUT2D eigenvalue weighted by molar-refractivity contribution is 0.288. The quantitative estimate of drug-likeness (QED) is 0.781. The van der Waals surface area contributed by atoms with Crippen LogP contribution in [0.15, 0.2) is 15.6 Å². The Morgan fingerprint density at radius 1 is 1.50 bits per heavy atom. The largest absolute Gasteiger partial charge is 0.302 e. The molecule has 1 aromatic heterocycles. The van der Waals surface area contributed by atoms with Crippen molar-refractivity contribution in [2.45, 2.75) is 20.4 Å². The molecule has 0 bridgehead atoms. The van der Waals surface area contributed by atoms with Crippen molar-refractivity contribution in [2.75, 3.05) is 19.6 Å². The summed E-state index contributed by atoms with van der Waals surface area (Å²) >= 11 is 8.85. The van der Waals surface area contributed by atoms with Gasteiger partial charge in [-0.15, -0.1) is 0 Å². The molecule has 0 saturated carbocycles. The molecular formula is C10H15BrClN3O. The zero-order valence-electron chi connectivity index (χ0n) is 9.41. The summed E-state index contributed by atoms with van der Waals surface area (Å²) in [5.41, 5.74) is -0.132. The highest BCUT2D eigenvalue weighted by molar-refractivity contribution is 9.10. The zero-order valence-corrected chi connectivity index (χ0v) is 11.8. The molecule has 90 valence electrons. The Kier molecular flexibility index (Phi) is 5.44. The van der Waals surface area contributed by atoms with E-state index in [4.69, 9.17) is 11.6 Å². The average Bonchev–Trinajstić information content (AvgIpc) is 2.30. The minimum atomic E-state index is -0.132. The molecular weight excluding hydrogens is 293 g/mol. The van der Waals surface area contributed by atoms with Crippen LogP contribution in [0.5, 0.6) is 0 Å². The summed E-state index contributed by atoms with van der Waals surface area (Å²) in [6.45, 7) is 7.62. The SMILES string of the molecule is CCN(CC)CCn1cnc(Cl)c(Br)c1=O. The molecule has 0 aliphatic heterocycles. The van der Waals surface area contributed by atoms with E-state index in [-0.39, 0.29) is 10.7 Å². The van der Waals surface area contributed by atoms with E-state index in [0.717, 1.165) is 19.6 Å². The van der Waals surface area contributed by atoms with Crippen LogP contribution in [0, 0.1) is 0 Å². The molecule has 1 aromatic rings. The first-order valence-electron chi connectivity index (χ1n) is 5.22. The number of nitrogens with zero attached hydrogens (tertiary/aromatic N) is 3. The molecule has 6 heteroatoms. The van der Waals surface area contributed by atoms with E-state index in [1.54, 1.807) is 4.57 Å². The second-order valence-corrected chi connectivity index (χ2v) is 4.53. The van der Waals surface area contributed by atoms with Crippen molar-refractivity contribution < 1.29 is 0 Å². The summed E-state index contributed by atoms with van der Waals surface area (Å²) in [6.07, 6.45) is 1.49. The van der Waals surface area contributed by atoms with Crippen molar-refractivity contribution in [1.29, 1.82) is 0 Å². The highest BCUT2D eigenvalue weighted by Gasteiger charge is 2.07. The summed E-state index contributed by atoms with van der Waals surface area (Å²) in [6, 6.07) is 0. The molecule has 0 N–H and O–H groups in total. The van der Waals surface area contributed by atoms with Crippen LogP contribution in [-0.2, 0) is 6.54 Å². The Labute approximate surface area is 108 Å². The smallest absolute Gasteiger partial charge is 0.269 e. The lowest BCUT2D eigenvalue weighted by Crippen LogP contribution is -2.31. The maximum absolute atomic E-state index is 11.8. The first-order chi connectivity index (χ1) is 7.60. The molecule has 0 aromatic carbocycles. The summed E-state index contributed by atoms with van der Waals surface area (Å²) in [7, 11) is 0. The van der Waals surface area contributed by atoms with E-state index in [9.17, 15) is 4.79 Å². The molecule has 0 radical (unpaired) electrons. The molecule has 16 heavy (non-hydrogen) atoms. The molecule has 0 fully saturated rings. The van der Waals surface area contributed by atoms with Crippen LogP contribution < -0.4 is 5.56 Å². The van der Waals surface area contributed by atoms with Crippen LogP contribution in [0.25, 0.3) is 0 Å². The zero-order chi connectivity index (χ0) is 12.1. The van der Waals surface area contributed by atoms with Crippen molar-refractivity contribution in [2.24, 2.45) is 0 Å². The van der Waals surface area contributed by atoms with Crippen LogP contribution in [0.4, 0.5) is 0 Å². The van der Waals surface area contributed by atoms with Gasteiger partial charge in [-0.3, -0.25) is 9.36 Å². The fraction of sp³-hybridized carbons (Fsp3) is 0.600. The van der Waals surface area contributed by atoms with Gasteiger partial charge >= 0.3 is 0 Å². The van der Waals surface area contributed by atoms with Crippen LogP contribution in [0.1, 0.15) is 13.8 Å². The van der Waals surface area contributed by atoms with Crippen molar-refractivity contribution in [3.05, 3.63) is 26.3 Å². The molecule has 0 amide bonds. The summed E-state index contributed by atoms with van der Waals surface area (Å²) in [4.78, 5) is 17.9. The normalized spacial score (nSPS) is 11.1. The van der Waals surface area contributed by atoms with E-state index < -0.39 is 0 Å². The van der Waals surface area contributed by atoms with E-state index in [0.29, 0.717) is 11.0 Å². The minimum Gasteiger partial charge on any atom is -0.302 e. The topological polar surface area (TPSA) is 38.1 Å². The predicted molar refractivity (Wildman–Crippen MR) is 69.0 cm³/mol. The third-order valence-electron chi connectivity index (χ3n) is 2.49. The summed E-state index contributed by atoms with van der Waals surface area (Å²) in [5.74, 6) is 0. The fourth-order valence-corrected chi connectivity index (χ4v) is 1.85. The third-order valence-corrected chi connectivity index (χ3v) is 3.72. The molecule has 0 spiro atoms. The fourth-order valence-electron chi connectivity index (χ4n) is 1.39. The molecule has 0 atom stereocenters. The lowest BCUT2D eigenvalue weighted by Gasteiger charge is -2.18. The Morgan fingerprint density at radius 3 is 2.69 bits per heavy atom. The number of rotatable bonds is 5. The van der Waals surface area contributed by atoms with E-state index in [1.165, 1.54) is 6.33 Å². The number of halogens is 2. The van der Waals surface area contributed by atoms with Gasteiger partial charge in [-0.1, -0.05) is 25.4 Å². The molecule has 0 aliphatic rings. The van der Waals surface area contributed by atoms with Crippen LogP contribution in [0.3, 0.4) is 0 Å². The third kappa shape index (κ3) is 3.30. The molecule has 0 unspecified atom stereocenters. The number of aromatic nitrogens is 2.